The molecule has 4 nitrogen and oxygen atoms in total. The Morgan fingerprint density at radius 2 is 1.86 bits per heavy atom. The molecule has 0 radical (unpaired) electrons. The third-order valence-electron chi connectivity index (χ3n) is 4.45. The van der Waals surface area contributed by atoms with Crippen LogP contribution in [0.15, 0.2) is 59.4 Å². The largest absolute Gasteiger partial charge is 0.305 e. The van der Waals surface area contributed by atoms with Gasteiger partial charge in [-0.25, -0.2) is 9.07 Å². The van der Waals surface area contributed by atoms with Crippen LogP contribution in [0.2, 0.25) is 5.02 Å². The second kappa shape index (κ2) is 9.16. The van der Waals surface area contributed by atoms with Crippen molar-refractivity contribution >= 4 is 17.7 Å². The monoisotopic (exact) mass is 411 g/mol. The van der Waals surface area contributed by atoms with Gasteiger partial charge in [-0.2, -0.15) is 5.10 Å². The minimum Gasteiger partial charge on any atom is -0.305 e. The topological polar surface area (TPSA) is 38.1 Å². The molecule has 0 unspecified atom stereocenters. The van der Waals surface area contributed by atoms with Gasteiger partial charge in [-0.1, -0.05) is 35.9 Å². The van der Waals surface area contributed by atoms with Gasteiger partial charge in [0.15, 0.2) is 0 Å². The van der Waals surface area contributed by atoms with E-state index in [-0.39, 0.29) is 11.4 Å². The van der Waals surface area contributed by atoms with Crippen LogP contribution in [-0.4, -0.2) is 28.8 Å². The molecular formula is C23H23ClFN3O. The Morgan fingerprint density at radius 1 is 1.14 bits per heavy atom. The lowest BCUT2D eigenvalue weighted by Crippen LogP contribution is -2.29. The van der Waals surface area contributed by atoms with Crippen LogP contribution in [0.25, 0.3) is 17.3 Å². The third kappa shape index (κ3) is 5.40. The summed E-state index contributed by atoms with van der Waals surface area (Å²) < 4.78 is 15.1. The molecule has 1 heterocycles. The average Bonchev–Trinajstić information content (AvgIpc) is 2.68. The predicted octanol–water partition coefficient (Wildman–Crippen LogP) is 4.79. The van der Waals surface area contributed by atoms with E-state index < -0.39 is 0 Å². The van der Waals surface area contributed by atoms with Crippen LogP contribution >= 0.6 is 11.6 Å². The minimum absolute atomic E-state index is 0.137. The molecule has 0 amide bonds. The number of benzene rings is 2. The molecule has 0 spiro atoms. The number of allylic oxidation sites excluding steroid dienone is 1. The fourth-order valence-electron chi connectivity index (χ4n) is 2.98. The SMILES string of the molecule is Cc1cc(-c2cc(CN(C)C)c(=O)n(CC=Cc3ccc(Cl)cc3)n2)ccc1F. The molecule has 6 heteroatoms. The zero-order chi connectivity index (χ0) is 21.0. The third-order valence-corrected chi connectivity index (χ3v) is 4.70. The maximum absolute atomic E-state index is 13.7. The van der Waals surface area contributed by atoms with Gasteiger partial charge in [0.25, 0.3) is 5.56 Å². The summed E-state index contributed by atoms with van der Waals surface area (Å²) in [6.07, 6.45) is 3.81. The Morgan fingerprint density at radius 3 is 2.52 bits per heavy atom. The van der Waals surface area contributed by atoms with Crippen molar-refractivity contribution in [3.05, 3.63) is 92.5 Å². The van der Waals surface area contributed by atoms with E-state index in [2.05, 4.69) is 5.10 Å². The fraction of sp³-hybridized carbons (Fsp3) is 0.217. The van der Waals surface area contributed by atoms with Gasteiger partial charge < -0.3 is 4.90 Å². The molecule has 0 saturated heterocycles. The molecular weight excluding hydrogens is 389 g/mol. The molecule has 29 heavy (non-hydrogen) atoms. The van der Waals surface area contributed by atoms with Crippen molar-refractivity contribution in [2.24, 2.45) is 0 Å². The van der Waals surface area contributed by atoms with E-state index >= 15 is 0 Å². The van der Waals surface area contributed by atoms with Crippen LogP contribution in [-0.2, 0) is 13.1 Å². The Labute approximate surface area is 174 Å². The van der Waals surface area contributed by atoms with E-state index in [4.69, 9.17) is 11.6 Å². The van der Waals surface area contributed by atoms with Crippen LogP contribution < -0.4 is 5.56 Å². The van der Waals surface area contributed by atoms with Gasteiger partial charge in [-0.15, -0.1) is 0 Å². The van der Waals surface area contributed by atoms with Crippen LogP contribution in [0.3, 0.4) is 0 Å². The van der Waals surface area contributed by atoms with Crippen molar-refractivity contribution < 1.29 is 4.39 Å². The Hall–Kier alpha value is -2.76. The first kappa shape index (κ1) is 21.0. The minimum atomic E-state index is -0.263. The molecule has 1 aromatic heterocycles. The first-order valence-electron chi connectivity index (χ1n) is 9.28. The second-order valence-electron chi connectivity index (χ2n) is 7.20. The lowest BCUT2D eigenvalue weighted by atomic mass is 10.1. The van der Waals surface area contributed by atoms with E-state index in [9.17, 15) is 9.18 Å². The van der Waals surface area contributed by atoms with E-state index in [1.54, 1.807) is 25.1 Å². The molecule has 150 valence electrons. The quantitative estimate of drug-likeness (QED) is 0.585. The summed E-state index contributed by atoms with van der Waals surface area (Å²) in [5, 5.41) is 5.19. The molecule has 3 aromatic rings. The summed E-state index contributed by atoms with van der Waals surface area (Å²) in [7, 11) is 3.82. The number of rotatable bonds is 6. The van der Waals surface area contributed by atoms with Crippen molar-refractivity contribution in [2.45, 2.75) is 20.0 Å². The molecule has 0 fully saturated rings. The maximum atomic E-state index is 13.7. The highest BCUT2D eigenvalue weighted by molar-refractivity contribution is 6.30. The van der Waals surface area contributed by atoms with Crippen molar-refractivity contribution in [2.75, 3.05) is 14.1 Å². The predicted molar refractivity (Wildman–Crippen MR) is 117 cm³/mol. The van der Waals surface area contributed by atoms with Gasteiger partial charge in [0.1, 0.15) is 5.82 Å². The van der Waals surface area contributed by atoms with Gasteiger partial charge in [-0.3, -0.25) is 4.79 Å². The molecule has 0 aliphatic heterocycles. The number of nitrogens with zero attached hydrogens (tertiary/aromatic N) is 3. The van der Waals surface area contributed by atoms with Gasteiger partial charge in [0.2, 0.25) is 0 Å². The summed E-state index contributed by atoms with van der Waals surface area (Å²) in [6.45, 7) is 2.54. The molecule has 0 saturated carbocycles. The number of aryl methyl sites for hydroxylation is 1. The van der Waals surface area contributed by atoms with Crippen LogP contribution in [0, 0.1) is 12.7 Å². The smallest absolute Gasteiger partial charge is 0.271 e. The first-order chi connectivity index (χ1) is 13.8. The highest BCUT2D eigenvalue weighted by Crippen LogP contribution is 2.20. The van der Waals surface area contributed by atoms with E-state index in [1.807, 2.05) is 55.4 Å². The summed E-state index contributed by atoms with van der Waals surface area (Å²) >= 11 is 5.91. The zero-order valence-corrected chi connectivity index (χ0v) is 17.4. The van der Waals surface area contributed by atoms with Crippen LogP contribution in [0.4, 0.5) is 4.39 Å². The van der Waals surface area contributed by atoms with Gasteiger partial charge in [-0.05, 0) is 68.5 Å². The standard InChI is InChI=1S/C23H23ClFN3O/c1-16-13-18(8-11-21(16)25)22-14-19(15-27(2)3)23(29)28(26-22)12-4-5-17-6-9-20(24)10-7-17/h4-11,13-14H,12,15H2,1-3H3. The van der Waals surface area contributed by atoms with Crippen molar-refractivity contribution in [3.63, 3.8) is 0 Å². The Bertz CT molecular complexity index is 1090. The van der Waals surface area contributed by atoms with Gasteiger partial charge >= 0.3 is 0 Å². The number of aromatic nitrogens is 2. The molecule has 3 rings (SSSR count). The van der Waals surface area contributed by atoms with Crippen LogP contribution in [0.1, 0.15) is 16.7 Å². The molecule has 0 aliphatic rings. The molecule has 0 aliphatic carbocycles. The molecule has 0 bridgehead atoms. The highest BCUT2D eigenvalue weighted by atomic mass is 35.5. The van der Waals surface area contributed by atoms with E-state index in [0.29, 0.717) is 34.9 Å². The average molecular weight is 412 g/mol. The fourth-order valence-corrected chi connectivity index (χ4v) is 3.11. The number of hydrogen-bond acceptors (Lipinski definition) is 3. The normalized spacial score (nSPS) is 11.5. The van der Waals surface area contributed by atoms with Gasteiger partial charge in [0, 0.05) is 22.7 Å². The lowest BCUT2D eigenvalue weighted by molar-refractivity contribution is 0.397. The summed E-state index contributed by atoms with van der Waals surface area (Å²) in [5.41, 5.74) is 3.45. The van der Waals surface area contributed by atoms with Gasteiger partial charge in [0.05, 0.1) is 12.2 Å². The van der Waals surface area contributed by atoms with Crippen molar-refractivity contribution in [1.29, 1.82) is 0 Å². The van der Waals surface area contributed by atoms with Crippen molar-refractivity contribution in [3.8, 4) is 11.3 Å². The second-order valence-corrected chi connectivity index (χ2v) is 7.63. The van der Waals surface area contributed by atoms with Crippen LogP contribution in [0.5, 0.6) is 0 Å². The number of hydrogen-bond donors (Lipinski definition) is 0. The molecule has 0 N–H and O–H groups in total. The Balaban J connectivity index is 1.97. The zero-order valence-electron chi connectivity index (χ0n) is 16.7. The summed E-state index contributed by atoms with van der Waals surface area (Å²) in [5.74, 6) is -0.263. The molecule has 0 atom stereocenters. The Kier molecular flexibility index (Phi) is 6.62. The van der Waals surface area contributed by atoms with E-state index in [0.717, 1.165) is 11.1 Å². The van der Waals surface area contributed by atoms with E-state index in [1.165, 1.54) is 10.7 Å². The molecule has 2 aromatic carbocycles. The lowest BCUT2D eigenvalue weighted by Gasteiger charge is -2.13. The number of halogens is 2. The highest BCUT2D eigenvalue weighted by Gasteiger charge is 2.11. The first-order valence-corrected chi connectivity index (χ1v) is 9.65. The van der Waals surface area contributed by atoms with Crippen molar-refractivity contribution in [1.82, 2.24) is 14.7 Å². The maximum Gasteiger partial charge on any atom is 0.271 e. The summed E-state index contributed by atoms with van der Waals surface area (Å²) in [4.78, 5) is 14.8. The summed E-state index contributed by atoms with van der Waals surface area (Å²) in [6, 6.07) is 14.1.